The van der Waals surface area contributed by atoms with Crippen LogP contribution in [0.4, 0.5) is 5.95 Å². The van der Waals surface area contributed by atoms with Crippen molar-refractivity contribution in [2.75, 3.05) is 38.2 Å². The van der Waals surface area contributed by atoms with E-state index in [0.717, 1.165) is 37.2 Å². The second-order valence-electron chi connectivity index (χ2n) is 5.07. The molecular weight excluding hydrogens is 240 g/mol. The molecule has 1 aromatic heterocycles. The quantitative estimate of drug-likeness (QED) is 0.876. The van der Waals surface area contributed by atoms with Gasteiger partial charge in [0.2, 0.25) is 11.8 Å². The summed E-state index contributed by atoms with van der Waals surface area (Å²) in [7, 11) is 2.02. The lowest BCUT2D eigenvalue weighted by molar-refractivity contribution is 0.325. The second-order valence-corrected chi connectivity index (χ2v) is 5.07. The lowest BCUT2D eigenvalue weighted by Gasteiger charge is -2.32. The van der Waals surface area contributed by atoms with Gasteiger partial charge >= 0.3 is 0 Å². The fourth-order valence-electron chi connectivity index (χ4n) is 2.51. The summed E-state index contributed by atoms with van der Waals surface area (Å²) in [6.07, 6.45) is 2.39. The van der Waals surface area contributed by atoms with Gasteiger partial charge in [-0.05, 0) is 46.2 Å². The third-order valence-corrected chi connectivity index (χ3v) is 3.50. The molecule has 0 aliphatic carbocycles. The lowest BCUT2D eigenvalue weighted by atomic mass is 9.97. The van der Waals surface area contributed by atoms with Crippen LogP contribution in [0.2, 0.25) is 0 Å². The lowest BCUT2D eigenvalue weighted by Crippen LogP contribution is -2.37. The highest BCUT2D eigenvalue weighted by molar-refractivity contribution is 5.34. The first kappa shape index (κ1) is 14.1. The van der Waals surface area contributed by atoms with Crippen LogP contribution >= 0.6 is 0 Å². The maximum atomic E-state index is 5.49. The normalized spacial score (nSPS) is 16.7. The number of aryl methyl sites for hydroxylation is 1. The number of nitrogens with zero attached hydrogens (tertiary/aromatic N) is 3. The van der Waals surface area contributed by atoms with Crippen molar-refractivity contribution in [1.29, 1.82) is 0 Å². The number of rotatable bonds is 5. The van der Waals surface area contributed by atoms with Crippen molar-refractivity contribution in [2.24, 2.45) is 5.92 Å². The van der Waals surface area contributed by atoms with Crippen molar-refractivity contribution < 1.29 is 4.74 Å². The van der Waals surface area contributed by atoms with E-state index in [2.05, 4.69) is 20.2 Å². The van der Waals surface area contributed by atoms with E-state index in [4.69, 9.17) is 4.74 Å². The van der Waals surface area contributed by atoms with Gasteiger partial charge < -0.3 is 15.0 Å². The predicted octanol–water partition coefficient (Wildman–Crippen LogP) is 1.62. The van der Waals surface area contributed by atoms with E-state index >= 15 is 0 Å². The third-order valence-electron chi connectivity index (χ3n) is 3.50. The summed E-state index contributed by atoms with van der Waals surface area (Å²) in [5.74, 6) is 2.27. The van der Waals surface area contributed by atoms with Crippen molar-refractivity contribution in [1.82, 2.24) is 15.3 Å². The van der Waals surface area contributed by atoms with E-state index in [0.29, 0.717) is 12.5 Å². The number of aromatic nitrogens is 2. The van der Waals surface area contributed by atoms with Crippen LogP contribution in [-0.4, -0.2) is 43.3 Å². The molecule has 0 saturated carbocycles. The molecule has 1 saturated heterocycles. The van der Waals surface area contributed by atoms with Gasteiger partial charge in [0.15, 0.2) is 0 Å². The van der Waals surface area contributed by atoms with Crippen molar-refractivity contribution in [3.8, 4) is 5.88 Å². The van der Waals surface area contributed by atoms with Crippen molar-refractivity contribution >= 4 is 5.95 Å². The smallest absolute Gasteiger partial charge is 0.228 e. The summed E-state index contributed by atoms with van der Waals surface area (Å²) in [5, 5.41) is 3.26. The number of hydrogen-bond donors (Lipinski definition) is 1. The zero-order chi connectivity index (χ0) is 13.7. The summed E-state index contributed by atoms with van der Waals surface area (Å²) < 4.78 is 5.49. The zero-order valence-electron chi connectivity index (χ0n) is 12.1. The molecule has 106 valence electrons. The van der Waals surface area contributed by atoms with Crippen LogP contribution in [0.15, 0.2) is 6.07 Å². The van der Waals surface area contributed by atoms with Gasteiger partial charge in [-0.2, -0.15) is 4.98 Å². The first-order chi connectivity index (χ1) is 9.22. The Bertz CT molecular complexity index is 402. The van der Waals surface area contributed by atoms with Crippen molar-refractivity contribution in [2.45, 2.75) is 26.7 Å². The molecule has 0 amide bonds. The van der Waals surface area contributed by atoms with Crippen molar-refractivity contribution in [3.63, 3.8) is 0 Å². The second kappa shape index (κ2) is 6.70. The highest BCUT2D eigenvalue weighted by Gasteiger charge is 2.21. The molecule has 0 unspecified atom stereocenters. The van der Waals surface area contributed by atoms with Gasteiger partial charge in [0.05, 0.1) is 6.61 Å². The maximum Gasteiger partial charge on any atom is 0.228 e. The molecule has 5 nitrogen and oxygen atoms in total. The van der Waals surface area contributed by atoms with Gasteiger partial charge in [0, 0.05) is 24.8 Å². The fraction of sp³-hybridized carbons (Fsp3) is 0.714. The Morgan fingerprint density at radius 3 is 2.74 bits per heavy atom. The van der Waals surface area contributed by atoms with E-state index in [9.17, 15) is 0 Å². The minimum atomic E-state index is 0.639. The molecule has 5 heteroatoms. The summed E-state index contributed by atoms with van der Waals surface area (Å²) >= 11 is 0. The summed E-state index contributed by atoms with van der Waals surface area (Å²) in [6.45, 7) is 7.76. The Kier molecular flexibility index (Phi) is 4.96. The molecule has 1 aromatic rings. The average Bonchev–Trinajstić information content (AvgIpc) is 2.40. The molecule has 0 radical (unpaired) electrons. The maximum absolute atomic E-state index is 5.49. The highest BCUT2D eigenvalue weighted by atomic mass is 16.5. The van der Waals surface area contributed by atoms with E-state index in [1.807, 2.05) is 27.0 Å². The molecule has 1 N–H and O–H groups in total. The third kappa shape index (κ3) is 3.80. The van der Waals surface area contributed by atoms with Crippen LogP contribution in [0.5, 0.6) is 5.88 Å². The number of nitrogens with one attached hydrogen (secondary N) is 1. The molecule has 1 aliphatic rings. The molecule has 1 aliphatic heterocycles. The van der Waals surface area contributed by atoms with E-state index < -0.39 is 0 Å². The van der Waals surface area contributed by atoms with Crippen LogP contribution in [-0.2, 0) is 0 Å². The van der Waals surface area contributed by atoms with E-state index in [1.165, 1.54) is 12.8 Å². The van der Waals surface area contributed by atoms with Gasteiger partial charge in [0.25, 0.3) is 0 Å². The summed E-state index contributed by atoms with van der Waals surface area (Å²) in [4.78, 5) is 11.3. The average molecular weight is 264 g/mol. The van der Waals surface area contributed by atoms with Gasteiger partial charge in [-0.3, -0.25) is 0 Å². The van der Waals surface area contributed by atoms with Crippen LogP contribution in [0.1, 0.15) is 25.5 Å². The van der Waals surface area contributed by atoms with E-state index in [-0.39, 0.29) is 0 Å². The molecule has 19 heavy (non-hydrogen) atoms. The van der Waals surface area contributed by atoms with Gasteiger partial charge in [-0.15, -0.1) is 0 Å². The van der Waals surface area contributed by atoms with Gasteiger partial charge in [-0.1, -0.05) is 0 Å². The van der Waals surface area contributed by atoms with Gasteiger partial charge in [0.1, 0.15) is 0 Å². The van der Waals surface area contributed by atoms with Crippen LogP contribution < -0.4 is 15.0 Å². The van der Waals surface area contributed by atoms with Crippen LogP contribution in [0, 0.1) is 12.8 Å². The fourth-order valence-corrected chi connectivity index (χ4v) is 2.51. The molecule has 0 spiro atoms. The highest BCUT2D eigenvalue weighted by Crippen LogP contribution is 2.22. The Hall–Kier alpha value is -1.36. The van der Waals surface area contributed by atoms with E-state index in [1.54, 1.807) is 0 Å². The summed E-state index contributed by atoms with van der Waals surface area (Å²) in [6, 6.07) is 1.89. The minimum Gasteiger partial charge on any atom is -0.478 e. The Morgan fingerprint density at radius 1 is 1.37 bits per heavy atom. The number of piperidine rings is 1. The van der Waals surface area contributed by atoms with Crippen molar-refractivity contribution in [3.05, 3.63) is 11.8 Å². The molecule has 2 rings (SSSR count). The molecule has 0 aromatic carbocycles. The molecule has 1 fully saturated rings. The molecule has 0 atom stereocenters. The van der Waals surface area contributed by atoms with Crippen LogP contribution in [0.25, 0.3) is 0 Å². The monoisotopic (exact) mass is 264 g/mol. The molecular formula is C14H24N4O. The number of ether oxygens (including phenoxy) is 1. The zero-order valence-corrected chi connectivity index (χ0v) is 12.1. The predicted molar refractivity (Wildman–Crippen MR) is 76.8 cm³/mol. The molecule has 0 bridgehead atoms. The molecule has 2 heterocycles. The van der Waals surface area contributed by atoms with Gasteiger partial charge in [-0.25, -0.2) is 4.98 Å². The van der Waals surface area contributed by atoms with Crippen LogP contribution in [0.3, 0.4) is 0 Å². The first-order valence-corrected chi connectivity index (χ1v) is 7.11. The SMILES string of the molecule is CCOc1cc(C)nc(N2CCC(CNC)CC2)n1. The number of hydrogen-bond acceptors (Lipinski definition) is 5. The Balaban J connectivity index is 2.02. The first-order valence-electron chi connectivity index (χ1n) is 7.11. The Morgan fingerprint density at radius 2 is 2.11 bits per heavy atom. The largest absolute Gasteiger partial charge is 0.478 e. The Labute approximate surface area is 115 Å². The standard InChI is InChI=1S/C14H24N4O/c1-4-19-13-9-11(2)16-14(17-13)18-7-5-12(6-8-18)10-15-3/h9,12,15H,4-8,10H2,1-3H3. The minimum absolute atomic E-state index is 0.639. The number of anilines is 1. The summed E-state index contributed by atoms with van der Waals surface area (Å²) in [5.41, 5.74) is 0.964. The topological polar surface area (TPSA) is 50.3 Å².